The van der Waals surface area contributed by atoms with Gasteiger partial charge in [-0.25, -0.2) is 18.7 Å². The first-order chi connectivity index (χ1) is 23.6. The van der Waals surface area contributed by atoms with Crippen molar-refractivity contribution in [2.24, 2.45) is 0 Å². The molecular weight excluding hydrogens is 636 g/mol. The van der Waals surface area contributed by atoms with E-state index >= 15 is 0 Å². The second-order valence-corrected chi connectivity index (χ2v) is 12.3. The molecule has 2 amide bonds. The van der Waals surface area contributed by atoms with Crippen LogP contribution in [0.5, 0.6) is 5.75 Å². The SMILES string of the molecule is CN[C@@H](C)C(=O)N[C@H](C(O)N1C[C@@H](Oc2ccc(F)cc2)C[C@H]1CN(CCc1ccc(F)cc1)C(=O)c1cn2cccnc2n1)[C@@H](C)OC. The van der Waals surface area contributed by atoms with E-state index in [4.69, 9.17) is 9.47 Å². The monoisotopic (exact) mass is 679 g/mol. The maximum atomic E-state index is 14.1. The number of nitrogens with one attached hydrogen (secondary N) is 2. The Balaban J connectivity index is 1.45. The van der Waals surface area contributed by atoms with Crippen LogP contribution in [0.2, 0.25) is 0 Å². The van der Waals surface area contributed by atoms with Gasteiger partial charge in [0.25, 0.3) is 5.91 Å². The molecule has 49 heavy (non-hydrogen) atoms. The molecule has 4 aromatic rings. The molecule has 0 bridgehead atoms. The molecule has 0 aliphatic carbocycles. The Morgan fingerprint density at radius 2 is 1.80 bits per heavy atom. The second-order valence-electron chi connectivity index (χ2n) is 12.3. The van der Waals surface area contributed by atoms with Gasteiger partial charge in [0.1, 0.15) is 35.4 Å². The van der Waals surface area contributed by atoms with Gasteiger partial charge in [-0.1, -0.05) is 12.1 Å². The van der Waals surface area contributed by atoms with Crippen LogP contribution < -0.4 is 15.4 Å². The lowest BCUT2D eigenvalue weighted by Gasteiger charge is -2.38. The number of halogens is 2. The molecule has 1 aliphatic rings. The Morgan fingerprint density at radius 3 is 2.45 bits per heavy atom. The van der Waals surface area contributed by atoms with Gasteiger partial charge < -0.3 is 30.1 Å². The number of carbonyl (C=O) groups is 2. The third-order valence-corrected chi connectivity index (χ3v) is 8.97. The lowest BCUT2D eigenvalue weighted by molar-refractivity contribution is -0.129. The van der Waals surface area contributed by atoms with Crippen molar-refractivity contribution in [1.29, 1.82) is 0 Å². The number of amides is 2. The molecule has 3 N–H and O–H groups in total. The average molecular weight is 680 g/mol. The number of benzene rings is 2. The molecule has 262 valence electrons. The minimum Gasteiger partial charge on any atom is -0.489 e. The number of carbonyl (C=O) groups excluding carboxylic acids is 2. The number of likely N-dealkylation sites (tertiary alicyclic amines) is 1. The number of ether oxygens (including phenoxy) is 2. The fourth-order valence-corrected chi connectivity index (χ4v) is 5.94. The summed E-state index contributed by atoms with van der Waals surface area (Å²) in [4.78, 5) is 39.3. The second kappa shape index (κ2) is 16.3. The summed E-state index contributed by atoms with van der Waals surface area (Å²) in [5, 5.41) is 17.8. The zero-order valence-electron chi connectivity index (χ0n) is 28.0. The van der Waals surface area contributed by atoms with Gasteiger partial charge in [0.15, 0.2) is 0 Å². The molecule has 0 spiro atoms. The van der Waals surface area contributed by atoms with Crippen molar-refractivity contribution in [3.8, 4) is 5.75 Å². The standard InChI is InChI=1S/C35H43F2N7O5/c1-22(38-3)32(45)41-31(23(2)48-4)34(47)44-20-29(49-28-12-10-26(37)11-13-28)18-27(44)19-42(17-14-24-6-8-25(36)9-7-24)33(46)30-21-43-16-5-15-39-35(43)40-30/h5-13,15-16,21-23,27,29,31,34,38,47H,14,17-20H2,1-4H3,(H,41,45)/t22-,23+,27-,29-,31-,34?/m0/s1. The molecule has 1 saturated heterocycles. The summed E-state index contributed by atoms with van der Waals surface area (Å²) in [6.45, 7) is 4.14. The van der Waals surface area contributed by atoms with Crippen LogP contribution in [0.25, 0.3) is 5.78 Å². The van der Waals surface area contributed by atoms with Crippen LogP contribution in [0.15, 0.2) is 73.2 Å². The quantitative estimate of drug-likeness (QED) is 0.174. The van der Waals surface area contributed by atoms with Gasteiger partial charge in [0.05, 0.1) is 18.2 Å². The van der Waals surface area contributed by atoms with E-state index in [1.807, 2.05) is 4.90 Å². The first-order valence-corrected chi connectivity index (χ1v) is 16.3. The smallest absolute Gasteiger partial charge is 0.274 e. The molecule has 2 aromatic carbocycles. The molecular formula is C35H43F2N7O5. The number of rotatable bonds is 15. The summed E-state index contributed by atoms with van der Waals surface area (Å²) < 4.78 is 40.8. The predicted molar refractivity (Wildman–Crippen MR) is 178 cm³/mol. The van der Waals surface area contributed by atoms with Gasteiger partial charge in [0.2, 0.25) is 11.7 Å². The zero-order valence-corrected chi connectivity index (χ0v) is 28.0. The van der Waals surface area contributed by atoms with E-state index in [0.717, 1.165) is 5.56 Å². The van der Waals surface area contributed by atoms with Crippen molar-refractivity contribution in [1.82, 2.24) is 34.8 Å². The molecule has 3 heterocycles. The molecule has 6 atom stereocenters. The highest BCUT2D eigenvalue weighted by atomic mass is 19.1. The predicted octanol–water partition coefficient (Wildman–Crippen LogP) is 2.66. The molecule has 1 fully saturated rings. The van der Waals surface area contributed by atoms with Crippen LogP contribution in [0.4, 0.5) is 8.78 Å². The summed E-state index contributed by atoms with van der Waals surface area (Å²) >= 11 is 0. The Bertz CT molecular complexity index is 1660. The minimum absolute atomic E-state index is 0.163. The number of likely N-dealkylation sites (N-methyl/N-ethyl adjacent to an activating group) is 1. The van der Waals surface area contributed by atoms with Crippen molar-refractivity contribution in [3.05, 3.63) is 96.1 Å². The van der Waals surface area contributed by atoms with Crippen LogP contribution in [-0.4, -0.2) is 111 Å². The topological polar surface area (TPSA) is 134 Å². The van der Waals surface area contributed by atoms with Gasteiger partial charge in [-0.15, -0.1) is 0 Å². The number of aliphatic hydroxyl groups excluding tert-OH is 1. The third kappa shape index (κ3) is 8.95. The third-order valence-electron chi connectivity index (χ3n) is 8.97. The first kappa shape index (κ1) is 35.8. The summed E-state index contributed by atoms with van der Waals surface area (Å²) in [7, 11) is 3.17. The van der Waals surface area contributed by atoms with Gasteiger partial charge in [0, 0.05) is 57.8 Å². The number of hydrogen-bond acceptors (Lipinski definition) is 9. The summed E-state index contributed by atoms with van der Waals surface area (Å²) in [5.41, 5.74) is 1.04. The van der Waals surface area contributed by atoms with Gasteiger partial charge in [-0.05, 0) is 75.3 Å². The van der Waals surface area contributed by atoms with Crippen molar-refractivity contribution in [2.45, 2.75) is 63.3 Å². The number of methoxy groups -OCH3 is 1. The highest BCUT2D eigenvalue weighted by Gasteiger charge is 2.43. The summed E-state index contributed by atoms with van der Waals surface area (Å²) in [6, 6.07) is 11.7. The van der Waals surface area contributed by atoms with Crippen LogP contribution >= 0.6 is 0 Å². The number of imidazole rings is 1. The Labute approximate surface area is 284 Å². The maximum absolute atomic E-state index is 14.1. The molecule has 14 heteroatoms. The van der Waals surface area contributed by atoms with E-state index in [2.05, 4.69) is 20.6 Å². The van der Waals surface area contributed by atoms with E-state index in [1.165, 1.54) is 43.5 Å². The summed E-state index contributed by atoms with van der Waals surface area (Å²) in [6.07, 6.45) is 3.54. The van der Waals surface area contributed by atoms with Crippen LogP contribution in [-0.2, 0) is 16.0 Å². The molecule has 1 unspecified atom stereocenters. The molecule has 5 rings (SSSR count). The normalized spacial score (nSPS) is 18.9. The average Bonchev–Trinajstić information content (AvgIpc) is 3.73. The maximum Gasteiger partial charge on any atom is 0.274 e. The van der Waals surface area contributed by atoms with E-state index in [1.54, 1.807) is 67.0 Å². The van der Waals surface area contributed by atoms with E-state index in [-0.39, 0.29) is 43.0 Å². The molecule has 1 aliphatic heterocycles. The van der Waals surface area contributed by atoms with E-state index < -0.39 is 42.4 Å². The summed E-state index contributed by atoms with van der Waals surface area (Å²) in [5.74, 6) is -0.578. The van der Waals surface area contributed by atoms with Gasteiger partial charge in [-0.3, -0.25) is 18.9 Å². The minimum atomic E-state index is -1.23. The van der Waals surface area contributed by atoms with Crippen molar-refractivity contribution < 1.29 is 33.0 Å². The number of aromatic nitrogens is 3. The Hall–Kier alpha value is -4.50. The molecule has 12 nitrogen and oxygen atoms in total. The van der Waals surface area contributed by atoms with Crippen molar-refractivity contribution >= 4 is 17.6 Å². The number of nitrogens with zero attached hydrogens (tertiary/aromatic N) is 5. The number of fused-ring (bicyclic) bond motifs is 1. The van der Waals surface area contributed by atoms with Crippen molar-refractivity contribution in [2.75, 3.05) is 33.8 Å². The van der Waals surface area contributed by atoms with Crippen LogP contribution in [0.3, 0.4) is 0 Å². The van der Waals surface area contributed by atoms with E-state index in [9.17, 15) is 23.5 Å². The molecule has 2 aromatic heterocycles. The Kier molecular flexibility index (Phi) is 11.9. The van der Waals surface area contributed by atoms with Gasteiger partial charge in [-0.2, -0.15) is 0 Å². The largest absolute Gasteiger partial charge is 0.489 e. The fraction of sp³-hybridized carbons (Fsp3) is 0.429. The zero-order chi connectivity index (χ0) is 35.1. The van der Waals surface area contributed by atoms with Gasteiger partial charge >= 0.3 is 0 Å². The lowest BCUT2D eigenvalue weighted by Crippen LogP contribution is -2.61. The number of aliphatic hydroxyl groups is 1. The fourth-order valence-electron chi connectivity index (χ4n) is 5.94. The highest BCUT2D eigenvalue weighted by Crippen LogP contribution is 2.28. The van der Waals surface area contributed by atoms with Crippen LogP contribution in [0, 0.1) is 11.6 Å². The van der Waals surface area contributed by atoms with E-state index in [0.29, 0.717) is 24.4 Å². The van der Waals surface area contributed by atoms with Crippen LogP contribution in [0.1, 0.15) is 36.3 Å². The first-order valence-electron chi connectivity index (χ1n) is 16.3. The lowest BCUT2D eigenvalue weighted by atomic mass is 10.1. The molecule has 0 saturated carbocycles. The number of hydrogen-bond donors (Lipinski definition) is 3. The van der Waals surface area contributed by atoms with Crippen molar-refractivity contribution in [3.63, 3.8) is 0 Å². The Morgan fingerprint density at radius 1 is 1.10 bits per heavy atom. The highest BCUT2D eigenvalue weighted by molar-refractivity contribution is 5.92. The molecule has 0 radical (unpaired) electrons.